The second-order valence-electron chi connectivity index (χ2n) is 11.6. The van der Waals surface area contributed by atoms with E-state index in [-0.39, 0.29) is 44.8 Å². The van der Waals surface area contributed by atoms with Crippen LogP contribution in [-0.2, 0) is 5.41 Å². The highest BCUT2D eigenvalue weighted by atomic mass is 32.1. The smallest absolute Gasteiger partial charge is 0.212 e. The van der Waals surface area contributed by atoms with Crippen LogP contribution in [0.4, 0.5) is 27.6 Å². The number of Topliss-reactive ketones (excluding diaryl/α,β-unsaturated/α-hetero) is 2. The van der Waals surface area contributed by atoms with Gasteiger partial charge in [0.15, 0.2) is 23.3 Å². The molecule has 0 N–H and O–H groups in total. The van der Waals surface area contributed by atoms with Gasteiger partial charge in [0.05, 0.1) is 9.75 Å². The van der Waals surface area contributed by atoms with Crippen molar-refractivity contribution in [3.05, 3.63) is 104 Å². The van der Waals surface area contributed by atoms with Crippen molar-refractivity contribution in [1.29, 1.82) is 21.0 Å². The van der Waals surface area contributed by atoms with Gasteiger partial charge in [0.1, 0.15) is 56.8 Å². The van der Waals surface area contributed by atoms with E-state index in [1.54, 1.807) is 36.4 Å². The molecule has 0 saturated carbocycles. The van der Waals surface area contributed by atoms with Gasteiger partial charge in [0.2, 0.25) is 11.6 Å². The Bertz CT molecular complexity index is 2440. The maximum atomic E-state index is 14.3. The number of nitrogens with zero attached hydrogens (tertiary/aromatic N) is 6. The molecule has 0 aliphatic heterocycles. The molecule has 2 aromatic heterocycles. The molecule has 7 rings (SSSR count). The van der Waals surface area contributed by atoms with Gasteiger partial charge < -0.3 is 0 Å². The van der Waals surface area contributed by atoms with Gasteiger partial charge in [-0.05, 0) is 60.4 Å². The second kappa shape index (κ2) is 11.9. The van der Waals surface area contributed by atoms with Crippen LogP contribution in [0.1, 0.15) is 69.7 Å². The van der Waals surface area contributed by atoms with E-state index < -0.39 is 51.4 Å². The van der Waals surface area contributed by atoms with Crippen molar-refractivity contribution < 1.29 is 27.2 Å². The highest BCUT2D eigenvalue weighted by molar-refractivity contribution is 7.26. The lowest BCUT2D eigenvalue weighted by molar-refractivity contribution is 0.106. The van der Waals surface area contributed by atoms with E-state index in [2.05, 4.69) is 9.98 Å². The number of allylic oxidation sites excluding steroid dienone is 4. The minimum Gasteiger partial charge on any atom is -0.287 e. The third-order valence-electron chi connectivity index (χ3n) is 9.33. The molecular weight excluding hydrogens is 701 g/mol. The molecular formula is C37H16F4N6O2S2. The van der Waals surface area contributed by atoms with Crippen LogP contribution >= 0.6 is 22.7 Å². The molecule has 51 heavy (non-hydrogen) atoms. The maximum Gasteiger partial charge on any atom is 0.212 e. The lowest BCUT2D eigenvalue weighted by atomic mass is 9.75. The molecule has 4 aromatic rings. The molecule has 0 saturated heterocycles. The van der Waals surface area contributed by atoms with E-state index in [0.717, 1.165) is 33.0 Å². The van der Waals surface area contributed by atoms with E-state index in [0.29, 0.717) is 35.0 Å². The number of rotatable bonds is 4. The first-order valence-corrected chi connectivity index (χ1v) is 16.7. The number of carbonyl (C=O) groups is 2. The summed E-state index contributed by atoms with van der Waals surface area (Å²) in [6.45, 7) is 3.96. The summed E-state index contributed by atoms with van der Waals surface area (Å²) < 4.78 is 56.8. The Kier molecular flexibility index (Phi) is 7.76. The molecule has 0 amide bonds. The predicted octanol–water partition coefficient (Wildman–Crippen LogP) is 8.99. The minimum atomic E-state index is -1.27. The van der Waals surface area contributed by atoms with Crippen LogP contribution in [0.2, 0.25) is 0 Å². The Morgan fingerprint density at radius 3 is 1.25 bits per heavy atom. The zero-order valence-electron chi connectivity index (χ0n) is 26.2. The zero-order valence-corrected chi connectivity index (χ0v) is 27.8. The third-order valence-corrected chi connectivity index (χ3v) is 11.5. The van der Waals surface area contributed by atoms with E-state index in [1.807, 2.05) is 13.8 Å². The predicted molar refractivity (Wildman–Crippen MR) is 181 cm³/mol. The van der Waals surface area contributed by atoms with Crippen LogP contribution in [0.25, 0.3) is 20.9 Å². The summed E-state index contributed by atoms with van der Waals surface area (Å²) in [7, 11) is 0. The van der Waals surface area contributed by atoms with Gasteiger partial charge in [-0.2, -0.15) is 21.0 Å². The lowest BCUT2D eigenvalue weighted by Crippen LogP contribution is -2.22. The van der Waals surface area contributed by atoms with Crippen molar-refractivity contribution in [2.45, 2.75) is 32.1 Å². The van der Waals surface area contributed by atoms with Crippen molar-refractivity contribution in [2.24, 2.45) is 9.98 Å². The molecule has 0 atom stereocenters. The molecule has 3 aliphatic rings. The summed E-state index contributed by atoms with van der Waals surface area (Å²) in [5, 5.41) is 39.3. The molecule has 0 spiro atoms. The van der Waals surface area contributed by atoms with E-state index in [1.165, 1.54) is 22.7 Å². The average Bonchev–Trinajstić information content (AvgIpc) is 3.89. The summed E-state index contributed by atoms with van der Waals surface area (Å²) in [5.74, 6) is -6.60. The highest BCUT2D eigenvalue weighted by Gasteiger charge is 2.45. The molecule has 8 nitrogen and oxygen atoms in total. The van der Waals surface area contributed by atoms with Gasteiger partial charge in [-0.15, -0.1) is 22.7 Å². The van der Waals surface area contributed by atoms with Gasteiger partial charge in [-0.1, -0.05) is 13.8 Å². The molecule has 0 fully saturated rings. The number of halogens is 4. The Morgan fingerprint density at radius 2 is 0.941 bits per heavy atom. The van der Waals surface area contributed by atoms with Crippen LogP contribution in [0, 0.1) is 68.6 Å². The standard InChI is InChI=1S/C37H16F4N6O2S2/c1-3-37(4-2)21-9-27(46-31-29(15(11-42)12-43)17-5-23(38)25(40)7-19(17)33(31)48)50-35(21)36-22(37)10-28(51-36)47-32-30(16(13-44)14-45)18-6-24(39)26(41)8-20(18)34(32)49/h5-10H,3-4H2,1-2H3. The topological polar surface area (TPSA) is 154 Å². The summed E-state index contributed by atoms with van der Waals surface area (Å²) in [4.78, 5) is 37.6. The largest absolute Gasteiger partial charge is 0.287 e. The van der Waals surface area contributed by atoms with E-state index in [9.17, 15) is 48.2 Å². The Balaban J connectivity index is 1.38. The number of aliphatic imine (C=N–C) groups is 2. The second-order valence-corrected chi connectivity index (χ2v) is 13.7. The van der Waals surface area contributed by atoms with Crippen LogP contribution in [0.15, 0.2) is 57.5 Å². The molecule has 14 heteroatoms. The number of carbonyl (C=O) groups excluding carboxylic acids is 2. The van der Waals surface area contributed by atoms with Crippen molar-refractivity contribution >= 4 is 66.8 Å². The fraction of sp³-hybridized carbons (Fsp3) is 0.135. The van der Waals surface area contributed by atoms with Crippen LogP contribution < -0.4 is 0 Å². The monoisotopic (exact) mass is 716 g/mol. The Labute approximate surface area is 294 Å². The number of thiophene rings is 2. The van der Waals surface area contributed by atoms with Crippen molar-refractivity contribution in [1.82, 2.24) is 0 Å². The quantitative estimate of drug-likeness (QED) is 0.152. The molecule has 246 valence electrons. The normalized spacial score (nSPS) is 16.4. The third kappa shape index (κ3) is 4.65. The summed E-state index contributed by atoms with van der Waals surface area (Å²) in [6, 6.07) is 13.4. The number of ketones is 2. The summed E-state index contributed by atoms with van der Waals surface area (Å²) in [6.07, 6.45) is 1.20. The fourth-order valence-corrected chi connectivity index (χ4v) is 9.33. The molecule has 3 aliphatic carbocycles. The molecule has 2 heterocycles. The lowest BCUT2D eigenvalue weighted by Gasteiger charge is -2.27. The van der Waals surface area contributed by atoms with Crippen molar-refractivity contribution in [3.63, 3.8) is 0 Å². The number of hydrogen-bond donors (Lipinski definition) is 0. The molecule has 0 radical (unpaired) electrons. The molecule has 2 aromatic carbocycles. The van der Waals surface area contributed by atoms with Crippen molar-refractivity contribution in [2.75, 3.05) is 0 Å². The SMILES string of the molecule is CCC1(CC)c2cc(N=C3C(=O)c4cc(F)c(F)cc4C3=C(C#N)C#N)sc2-c2sc(N=C3C(=O)c4cc(F)c(F)cc4C3=C(C#N)C#N)cc21. The minimum absolute atomic E-state index is 0.112. The van der Waals surface area contributed by atoms with Crippen LogP contribution in [0.5, 0.6) is 0 Å². The molecule has 0 bridgehead atoms. The Hall–Kier alpha value is -6.32. The van der Waals surface area contributed by atoms with Gasteiger partial charge in [-0.3, -0.25) is 9.59 Å². The number of benzene rings is 2. The average molecular weight is 717 g/mol. The van der Waals surface area contributed by atoms with Gasteiger partial charge >= 0.3 is 0 Å². The first-order valence-electron chi connectivity index (χ1n) is 15.1. The summed E-state index contributed by atoms with van der Waals surface area (Å²) in [5.41, 5.74) is -1.47. The maximum absolute atomic E-state index is 14.3. The van der Waals surface area contributed by atoms with E-state index >= 15 is 0 Å². The van der Waals surface area contributed by atoms with Gasteiger partial charge in [0, 0.05) is 38.8 Å². The van der Waals surface area contributed by atoms with E-state index in [4.69, 9.17) is 0 Å². The summed E-state index contributed by atoms with van der Waals surface area (Å²) >= 11 is 2.41. The van der Waals surface area contributed by atoms with Gasteiger partial charge in [-0.25, -0.2) is 27.5 Å². The first kappa shape index (κ1) is 33.2. The number of fused-ring (bicyclic) bond motifs is 5. The first-order chi connectivity index (χ1) is 24.5. The number of hydrogen-bond acceptors (Lipinski definition) is 10. The van der Waals surface area contributed by atoms with Crippen LogP contribution in [-0.4, -0.2) is 23.0 Å². The number of nitriles is 4. The van der Waals surface area contributed by atoms with Crippen molar-refractivity contribution in [3.8, 4) is 34.0 Å². The van der Waals surface area contributed by atoms with Gasteiger partial charge in [0.25, 0.3) is 0 Å². The highest BCUT2D eigenvalue weighted by Crippen LogP contribution is 2.61. The fourth-order valence-electron chi connectivity index (χ4n) is 6.91. The Morgan fingerprint density at radius 1 is 0.608 bits per heavy atom. The van der Waals surface area contributed by atoms with Crippen LogP contribution in [0.3, 0.4) is 0 Å². The molecule has 0 unspecified atom stereocenters. The zero-order chi connectivity index (χ0) is 36.5.